The first-order valence-corrected chi connectivity index (χ1v) is 5.49. The Bertz CT molecular complexity index is 545. The Hall–Kier alpha value is -1.82. The molecule has 2 aromatic rings. The van der Waals surface area contributed by atoms with Crippen molar-refractivity contribution < 1.29 is 9.18 Å². The minimum atomic E-state index is -0.581. The van der Waals surface area contributed by atoms with Gasteiger partial charge in [0.1, 0.15) is 5.82 Å². The van der Waals surface area contributed by atoms with Gasteiger partial charge in [-0.3, -0.25) is 10.1 Å². The van der Waals surface area contributed by atoms with Crippen LogP contribution in [0.15, 0.2) is 41.1 Å². The van der Waals surface area contributed by atoms with Gasteiger partial charge in [-0.2, -0.15) is 0 Å². The van der Waals surface area contributed by atoms with Crippen molar-refractivity contribution in [3.05, 3.63) is 52.5 Å². The predicted molar refractivity (Wildman–Crippen MR) is 64.1 cm³/mol. The lowest BCUT2D eigenvalue weighted by Crippen LogP contribution is -2.15. The highest BCUT2D eigenvalue weighted by molar-refractivity contribution is 9.10. The molecular weight excluding hydrogens is 289 g/mol. The minimum absolute atomic E-state index is 0.0426. The highest BCUT2D eigenvalue weighted by Gasteiger charge is 2.11. The molecule has 0 radical (unpaired) electrons. The summed E-state index contributed by atoms with van der Waals surface area (Å²) in [5.74, 6) is -1.03. The molecule has 86 valence electrons. The molecule has 0 bridgehead atoms. The van der Waals surface area contributed by atoms with Gasteiger partial charge in [0.2, 0.25) is 5.95 Å². The zero-order valence-corrected chi connectivity index (χ0v) is 10.1. The molecule has 0 aliphatic carbocycles. The molecule has 0 unspecified atom stereocenters. The quantitative estimate of drug-likeness (QED) is 0.927. The number of rotatable bonds is 2. The molecule has 6 heteroatoms. The fourth-order valence-corrected chi connectivity index (χ4v) is 1.40. The first-order valence-electron chi connectivity index (χ1n) is 4.70. The molecule has 0 atom stereocenters. The number of carbonyl (C=O) groups is 1. The first kappa shape index (κ1) is 11.7. The van der Waals surface area contributed by atoms with Gasteiger partial charge in [0.25, 0.3) is 5.91 Å². The van der Waals surface area contributed by atoms with Crippen LogP contribution in [0.3, 0.4) is 0 Å². The number of halogens is 2. The maximum Gasteiger partial charge on any atom is 0.260 e. The number of benzene rings is 1. The van der Waals surface area contributed by atoms with E-state index in [1.54, 1.807) is 6.07 Å². The zero-order chi connectivity index (χ0) is 12.3. The number of hydrogen-bond acceptors (Lipinski definition) is 3. The predicted octanol–water partition coefficient (Wildman–Crippen LogP) is 2.63. The van der Waals surface area contributed by atoms with Crippen LogP contribution < -0.4 is 5.32 Å². The summed E-state index contributed by atoms with van der Waals surface area (Å²) in [6.45, 7) is 0. The molecule has 17 heavy (non-hydrogen) atoms. The second-order valence-corrected chi connectivity index (χ2v) is 4.07. The summed E-state index contributed by atoms with van der Waals surface area (Å²) in [6, 6.07) is 5.71. The van der Waals surface area contributed by atoms with Gasteiger partial charge >= 0.3 is 0 Å². The maximum atomic E-state index is 13.3. The lowest BCUT2D eigenvalue weighted by molar-refractivity contribution is 0.102. The molecular formula is C11H7BrFN3O. The molecule has 1 amide bonds. The van der Waals surface area contributed by atoms with E-state index in [0.29, 0.717) is 4.47 Å². The van der Waals surface area contributed by atoms with Gasteiger partial charge in [-0.15, -0.1) is 0 Å². The van der Waals surface area contributed by atoms with Crippen LogP contribution in [0, 0.1) is 5.82 Å². The van der Waals surface area contributed by atoms with Crippen molar-refractivity contribution in [1.82, 2.24) is 9.97 Å². The Labute approximate surface area is 105 Å². The van der Waals surface area contributed by atoms with Crippen LogP contribution in [0.4, 0.5) is 10.3 Å². The van der Waals surface area contributed by atoms with Gasteiger partial charge in [0, 0.05) is 12.4 Å². The van der Waals surface area contributed by atoms with E-state index in [4.69, 9.17) is 0 Å². The Morgan fingerprint density at radius 2 is 1.88 bits per heavy atom. The van der Waals surface area contributed by atoms with Crippen LogP contribution in [0.1, 0.15) is 10.4 Å². The summed E-state index contributed by atoms with van der Waals surface area (Å²) >= 11 is 3.17. The number of amides is 1. The number of nitrogens with one attached hydrogen (secondary N) is 1. The summed E-state index contributed by atoms with van der Waals surface area (Å²) in [5.41, 5.74) is -0.0426. The smallest absolute Gasteiger partial charge is 0.260 e. The van der Waals surface area contributed by atoms with E-state index in [1.165, 1.54) is 30.6 Å². The number of aromatic nitrogens is 2. The molecule has 1 N–H and O–H groups in total. The Morgan fingerprint density at radius 1 is 1.24 bits per heavy atom. The average molecular weight is 296 g/mol. The Kier molecular flexibility index (Phi) is 3.43. The van der Waals surface area contributed by atoms with E-state index in [2.05, 4.69) is 31.2 Å². The first-order chi connectivity index (χ1) is 8.16. The van der Waals surface area contributed by atoms with Gasteiger partial charge in [-0.05, 0) is 28.1 Å². The SMILES string of the molecule is O=C(Nc1ncc(Br)cn1)c1ccccc1F. The lowest BCUT2D eigenvalue weighted by atomic mass is 10.2. The highest BCUT2D eigenvalue weighted by atomic mass is 79.9. The summed E-state index contributed by atoms with van der Waals surface area (Å²) in [6.07, 6.45) is 2.98. The minimum Gasteiger partial charge on any atom is -0.290 e. The van der Waals surface area contributed by atoms with Crippen molar-refractivity contribution >= 4 is 27.8 Å². The van der Waals surface area contributed by atoms with Crippen molar-refractivity contribution in [2.75, 3.05) is 5.32 Å². The van der Waals surface area contributed by atoms with E-state index in [9.17, 15) is 9.18 Å². The van der Waals surface area contributed by atoms with Gasteiger partial charge in [0.05, 0.1) is 10.0 Å². The van der Waals surface area contributed by atoms with Gasteiger partial charge in [0.15, 0.2) is 0 Å². The largest absolute Gasteiger partial charge is 0.290 e. The Morgan fingerprint density at radius 3 is 2.53 bits per heavy atom. The third-order valence-corrected chi connectivity index (χ3v) is 2.37. The molecule has 4 nitrogen and oxygen atoms in total. The fourth-order valence-electron chi connectivity index (χ4n) is 1.19. The van der Waals surface area contributed by atoms with Crippen molar-refractivity contribution in [3.63, 3.8) is 0 Å². The van der Waals surface area contributed by atoms with Gasteiger partial charge in [-0.25, -0.2) is 14.4 Å². The molecule has 1 heterocycles. The summed E-state index contributed by atoms with van der Waals surface area (Å²) < 4.78 is 14.0. The average Bonchev–Trinajstić information content (AvgIpc) is 2.32. The van der Waals surface area contributed by atoms with E-state index in [1.807, 2.05) is 0 Å². The summed E-state index contributed by atoms with van der Waals surface area (Å²) in [4.78, 5) is 19.4. The zero-order valence-electron chi connectivity index (χ0n) is 8.52. The molecule has 0 aliphatic rings. The monoisotopic (exact) mass is 295 g/mol. The topological polar surface area (TPSA) is 54.9 Å². The van der Waals surface area contributed by atoms with Gasteiger partial charge in [-0.1, -0.05) is 12.1 Å². The normalized spacial score (nSPS) is 10.0. The van der Waals surface area contributed by atoms with Crippen LogP contribution in [-0.4, -0.2) is 15.9 Å². The van der Waals surface area contributed by atoms with E-state index < -0.39 is 11.7 Å². The van der Waals surface area contributed by atoms with Crippen molar-refractivity contribution in [3.8, 4) is 0 Å². The number of anilines is 1. The van der Waals surface area contributed by atoms with Crippen LogP contribution >= 0.6 is 15.9 Å². The number of nitrogens with zero attached hydrogens (tertiary/aromatic N) is 2. The molecule has 2 rings (SSSR count). The van der Waals surface area contributed by atoms with Crippen LogP contribution in [0.2, 0.25) is 0 Å². The van der Waals surface area contributed by atoms with E-state index in [-0.39, 0.29) is 11.5 Å². The molecule has 1 aromatic carbocycles. The maximum absolute atomic E-state index is 13.3. The molecule has 1 aromatic heterocycles. The molecule has 0 aliphatic heterocycles. The highest BCUT2D eigenvalue weighted by Crippen LogP contribution is 2.10. The number of carbonyl (C=O) groups excluding carboxylic acids is 1. The second-order valence-electron chi connectivity index (χ2n) is 3.16. The van der Waals surface area contributed by atoms with E-state index in [0.717, 1.165) is 0 Å². The molecule has 0 spiro atoms. The molecule has 0 fully saturated rings. The molecule has 0 saturated carbocycles. The van der Waals surface area contributed by atoms with Crippen molar-refractivity contribution in [1.29, 1.82) is 0 Å². The van der Waals surface area contributed by atoms with Crippen LogP contribution in [0.25, 0.3) is 0 Å². The third-order valence-electron chi connectivity index (χ3n) is 1.96. The van der Waals surface area contributed by atoms with Crippen LogP contribution in [0.5, 0.6) is 0 Å². The summed E-state index contributed by atoms with van der Waals surface area (Å²) in [5, 5.41) is 2.40. The lowest BCUT2D eigenvalue weighted by Gasteiger charge is -2.03. The fraction of sp³-hybridized carbons (Fsp3) is 0. The van der Waals surface area contributed by atoms with Crippen LogP contribution in [-0.2, 0) is 0 Å². The van der Waals surface area contributed by atoms with Crippen molar-refractivity contribution in [2.24, 2.45) is 0 Å². The van der Waals surface area contributed by atoms with E-state index >= 15 is 0 Å². The van der Waals surface area contributed by atoms with Gasteiger partial charge < -0.3 is 0 Å². The standard InChI is InChI=1S/C11H7BrFN3O/c12-7-5-14-11(15-6-7)16-10(17)8-3-1-2-4-9(8)13/h1-6H,(H,14,15,16,17). The summed E-state index contributed by atoms with van der Waals surface area (Å²) in [7, 11) is 0. The Balaban J connectivity index is 2.17. The van der Waals surface area contributed by atoms with Crippen molar-refractivity contribution in [2.45, 2.75) is 0 Å². The third kappa shape index (κ3) is 2.85. The second kappa shape index (κ2) is 5.01. The molecule has 0 saturated heterocycles. The number of hydrogen-bond donors (Lipinski definition) is 1.